The quantitative estimate of drug-likeness (QED) is 0.524. The molecular formula is C22H17N3O3. The highest BCUT2D eigenvalue weighted by atomic mass is 16.5. The van der Waals surface area contributed by atoms with Gasteiger partial charge in [0, 0.05) is 28.2 Å². The van der Waals surface area contributed by atoms with E-state index < -0.39 is 0 Å². The number of hydrogen-bond acceptors (Lipinski definition) is 4. The van der Waals surface area contributed by atoms with E-state index in [2.05, 4.69) is 22.0 Å². The predicted molar refractivity (Wildman–Crippen MR) is 109 cm³/mol. The second-order valence-electron chi connectivity index (χ2n) is 6.36. The molecule has 4 rings (SSSR count). The molecule has 1 amide bonds. The molecule has 0 aliphatic carbocycles. The number of aromatic amines is 1. The van der Waals surface area contributed by atoms with E-state index in [1.54, 1.807) is 25.1 Å². The van der Waals surface area contributed by atoms with Crippen LogP contribution < -0.4 is 10.9 Å². The third-order valence-electron chi connectivity index (χ3n) is 4.40. The van der Waals surface area contributed by atoms with Crippen molar-refractivity contribution >= 4 is 22.5 Å². The van der Waals surface area contributed by atoms with Crippen LogP contribution in [-0.2, 0) is 4.79 Å². The zero-order valence-corrected chi connectivity index (χ0v) is 15.2. The Kier molecular flexibility index (Phi) is 4.37. The van der Waals surface area contributed by atoms with Crippen LogP contribution in [0.25, 0.3) is 33.4 Å². The predicted octanol–water partition coefficient (Wildman–Crippen LogP) is 4.28. The Morgan fingerprint density at radius 1 is 1.14 bits per heavy atom. The van der Waals surface area contributed by atoms with Gasteiger partial charge in [0.15, 0.2) is 5.76 Å². The van der Waals surface area contributed by atoms with Crippen LogP contribution in [0.4, 0.5) is 5.69 Å². The number of hydrogen-bond donors (Lipinski definition) is 2. The Labute approximate surface area is 160 Å². The number of carbonyl (C=O) groups excluding carboxylic acids is 1. The molecule has 0 bridgehead atoms. The number of aryl methyl sites for hydroxylation is 1. The van der Waals surface area contributed by atoms with Gasteiger partial charge in [0.1, 0.15) is 0 Å². The average Bonchev–Trinajstić information content (AvgIpc) is 3.13. The van der Waals surface area contributed by atoms with Crippen molar-refractivity contribution < 1.29 is 9.32 Å². The fraction of sp³-hybridized carbons (Fsp3) is 0.0455. The van der Waals surface area contributed by atoms with E-state index in [-0.39, 0.29) is 11.5 Å². The molecule has 2 N–H and O–H groups in total. The number of nitrogens with zero attached hydrogens (tertiary/aromatic N) is 1. The maximum Gasteiger partial charge on any atom is 0.260 e. The van der Waals surface area contributed by atoms with Gasteiger partial charge in [-0.1, -0.05) is 42.1 Å². The first-order chi connectivity index (χ1) is 13.6. The van der Waals surface area contributed by atoms with Crippen molar-refractivity contribution in [3.8, 4) is 22.5 Å². The number of rotatable bonds is 4. The summed E-state index contributed by atoms with van der Waals surface area (Å²) in [7, 11) is 0. The minimum atomic E-state index is -0.309. The molecule has 0 fully saturated rings. The van der Waals surface area contributed by atoms with Crippen LogP contribution in [0.2, 0.25) is 0 Å². The smallest absolute Gasteiger partial charge is 0.260 e. The van der Waals surface area contributed by atoms with Crippen molar-refractivity contribution in [2.45, 2.75) is 6.92 Å². The van der Waals surface area contributed by atoms with Gasteiger partial charge in [-0.15, -0.1) is 0 Å². The van der Waals surface area contributed by atoms with Crippen molar-refractivity contribution in [3.63, 3.8) is 0 Å². The Hall–Kier alpha value is -3.93. The second-order valence-corrected chi connectivity index (χ2v) is 6.36. The summed E-state index contributed by atoms with van der Waals surface area (Å²) in [5.41, 5.74) is 3.62. The van der Waals surface area contributed by atoms with Gasteiger partial charge >= 0.3 is 0 Å². The zero-order valence-electron chi connectivity index (χ0n) is 15.2. The first-order valence-electron chi connectivity index (χ1n) is 8.69. The number of H-pyrrole nitrogens is 1. The summed E-state index contributed by atoms with van der Waals surface area (Å²) in [5, 5.41) is 7.45. The van der Waals surface area contributed by atoms with Crippen molar-refractivity contribution in [2.75, 3.05) is 5.32 Å². The molecule has 6 nitrogen and oxygen atoms in total. The number of carbonyl (C=O) groups is 1. The lowest BCUT2D eigenvalue weighted by molar-refractivity contribution is -0.111. The second kappa shape index (κ2) is 7.00. The molecule has 0 aliphatic heterocycles. The highest BCUT2D eigenvalue weighted by Crippen LogP contribution is 2.36. The molecule has 2 heterocycles. The van der Waals surface area contributed by atoms with E-state index in [1.807, 2.05) is 36.4 Å². The highest BCUT2D eigenvalue weighted by Gasteiger charge is 2.20. The van der Waals surface area contributed by atoms with Crippen LogP contribution in [0.1, 0.15) is 5.69 Å². The molecule has 28 heavy (non-hydrogen) atoms. The first-order valence-corrected chi connectivity index (χ1v) is 8.69. The van der Waals surface area contributed by atoms with Crippen molar-refractivity contribution in [3.05, 3.63) is 83.3 Å². The molecule has 0 unspecified atom stereocenters. The van der Waals surface area contributed by atoms with Gasteiger partial charge in [-0.3, -0.25) is 9.59 Å². The standard InChI is InChI=1S/C22H17N3O3/c1-3-19(26)23-15-9-10-17-16(12-15)20(14-7-5-4-6-8-14)21(22(27)24-17)18-11-13(2)25-28-18/h3-12H,1H2,2H3,(H,23,26)(H,24,27). The van der Waals surface area contributed by atoms with Gasteiger partial charge in [0.25, 0.3) is 5.56 Å². The fourth-order valence-corrected chi connectivity index (χ4v) is 3.19. The molecular weight excluding hydrogens is 354 g/mol. The molecule has 6 heteroatoms. The summed E-state index contributed by atoms with van der Waals surface area (Å²) in [6.07, 6.45) is 1.21. The van der Waals surface area contributed by atoms with Crippen molar-refractivity contribution in [1.82, 2.24) is 10.1 Å². The lowest BCUT2D eigenvalue weighted by Gasteiger charge is -2.13. The highest BCUT2D eigenvalue weighted by molar-refractivity contribution is 6.05. The Morgan fingerprint density at radius 3 is 2.61 bits per heavy atom. The van der Waals surface area contributed by atoms with Gasteiger partial charge in [0.05, 0.1) is 11.3 Å². The SMILES string of the molecule is C=CC(=O)Nc1ccc2[nH]c(=O)c(-c3cc(C)no3)c(-c3ccccc3)c2c1. The Bertz CT molecular complexity index is 1250. The van der Waals surface area contributed by atoms with Gasteiger partial charge in [0.2, 0.25) is 5.91 Å². The van der Waals surface area contributed by atoms with Gasteiger partial charge < -0.3 is 14.8 Å². The zero-order chi connectivity index (χ0) is 19.7. The van der Waals surface area contributed by atoms with E-state index >= 15 is 0 Å². The van der Waals surface area contributed by atoms with Crippen LogP contribution in [-0.4, -0.2) is 16.0 Å². The first kappa shape index (κ1) is 17.5. The summed E-state index contributed by atoms with van der Waals surface area (Å²) < 4.78 is 5.40. The summed E-state index contributed by atoms with van der Waals surface area (Å²) in [6, 6.07) is 16.6. The monoisotopic (exact) mass is 371 g/mol. The Balaban J connectivity index is 2.07. The number of benzene rings is 2. The van der Waals surface area contributed by atoms with Crippen molar-refractivity contribution in [2.24, 2.45) is 0 Å². The number of aromatic nitrogens is 2. The maximum atomic E-state index is 12.9. The Morgan fingerprint density at radius 2 is 1.93 bits per heavy atom. The number of pyridine rings is 1. The van der Waals surface area contributed by atoms with Gasteiger partial charge in [-0.25, -0.2) is 0 Å². The normalized spacial score (nSPS) is 10.8. The third-order valence-corrected chi connectivity index (χ3v) is 4.40. The minimum Gasteiger partial charge on any atom is -0.356 e. The fourth-order valence-electron chi connectivity index (χ4n) is 3.19. The molecule has 2 aromatic heterocycles. The largest absolute Gasteiger partial charge is 0.356 e. The lowest BCUT2D eigenvalue weighted by Crippen LogP contribution is -2.12. The molecule has 0 atom stereocenters. The van der Waals surface area contributed by atoms with E-state index in [1.165, 1.54) is 6.08 Å². The average molecular weight is 371 g/mol. The molecule has 0 radical (unpaired) electrons. The summed E-state index contributed by atoms with van der Waals surface area (Å²) in [5.74, 6) is 0.0798. The number of amides is 1. The number of nitrogens with one attached hydrogen (secondary N) is 2. The third kappa shape index (κ3) is 3.12. The number of anilines is 1. The molecule has 4 aromatic rings. The molecule has 0 saturated heterocycles. The number of fused-ring (bicyclic) bond motifs is 1. The molecule has 0 aliphatic rings. The van der Waals surface area contributed by atoms with Crippen LogP contribution in [0, 0.1) is 6.92 Å². The van der Waals surface area contributed by atoms with E-state index in [9.17, 15) is 9.59 Å². The van der Waals surface area contributed by atoms with Gasteiger partial charge in [-0.2, -0.15) is 0 Å². The van der Waals surface area contributed by atoms with Crippen LogP contribution in [0.15, 0.2) is 76.6 Å². The topological polar surface area (TPSA) is 88.0 Å². The van der Waals surface area contributed by atoms with E-state index in [0.29, 0.717) is 33.8 Å². The van der Waals surface area contributed by atoms with Crippen molar-refractivity contribution in [1.29, 1.82) is 0 Å². The maximum absolute atomic E-state index is 12.9. The van der Waals surface area contributed by atoms with E-state index in [0.717, 1.165) is 10.9 Å². The van der Waals surface area contributed by atoms with Crippen LogP contribution in [0.3, 0.4) is 0 Å². The lowest BCUT2D eigenvalue weighted by atomic mass is 9.94. The van der Waals surface area contributed by atoms with E-state index in [4.69, 9.17) is 4.52 Å². The van der Waals surface area contributed by atoms with Crippen LogP contribution >= 0.6 is 0 Å². The summed E-state index contributed by atoms with van der Waals surface area (Å²) in [6.45, 7) is 5.27. The van der Waals surface area contributed by atoms with Crippen LogP contribution in [0.5, 0.6) is 0 Å². The summed E-state index contributed by atoms with van der Waals surface area (Å²) >= 11 is 0. The molecule has 2 aromatic carbocycles. The molecule has 0 saturated carbocycles. The van der Waals surface area contributed by atoms with Gasteiger partial charge in [-0.05, 0) is 36.8 Å². The molecule has 0 spiro atoms. The molecule has 138 valence electrons. The summed E-state index contributed by atoms with van der Waals surface area (Å²) in [4.78, 5) is 27.5. The minimum absolute atomic E-state index is 0.273.